The Morgan fingerprint density at radius 2 is 1.68 bits per heavy atom. The van der Waals surface area contributed by atoms with Crippen LogP contribution in [0.25, 0.3) is 0 Å². The molecule has 7 heteroatoms. The van der Waals surface area contributed by atoms with E-state index in [9.17, 15) is 9.59 Å². The van der Waals surface area contributed by atoms with Gasteiger partial charge in [0.2, 0.25) is 5.75 Å². The second kappa shape index (κ2) is 9.21. The van der Waals surface area contributed by atoms with Gasteiger partial charge in [-0.2, -0.15) is 0 Å². The van der Waals surface area contributed by atoms with E-state index in [-0.39, 0.29) is 12.5 Å². The standard InChI is InChI=1S/C24H21NO6/c1-28-20-13-18(14-21-22(20)30-12-11-29-21)24(27)31-15-16-7-9-17(10-8-16)23(26)25-19-5-3-2-4-6-19/h2-10,13-14H,11-12,15H2,1H3,(H,25,26). The van der Waals surface area contributed by atoms with Crippen LogP contribution in [0.1, 0.15) is 26.3 Å². The maximum Gasteiger partial charge on any atom is 0.338 e. The SMILES string of the molecule is COc1cc(C(=O)OCc2ccc(C(=O)Nc3ccccc3)cc2)cc2c1OCCO2. The van der Waals surface area contributed by atoms with E-state index in [1.807, 2.05) is 30.3 Å². The summed E-state index contributed by atoms with van der Waals surface area (Å²) in [5.74, 6) is 0.623. The van der Waals surface area contributed by atoms with Crippen LogP contribution < -0.4 is 19.5 Å². The number of fused-ring (bicyclic) bond motifs is 1. The van der Waals surface area contributed by atoms with Crippen molar-refractivity contribution < 1.29 is 28.5 Å². The summed E-state index contributed by atoms with van der Waals surface area (Å²) in [5.41, 5.74) is 2.30. The van der Waals surface area contributed by atoms with Gasteiger partial charge in [0.1, 0.15) is 19.8 Å². The van der Waals surface area contributed by atoms with Crippen molar-refractivity contribution in [1.29, 1.82) is 0 Å². The molecule has 158 valence electrons. The van der Waals surface area contributed by atoms with Crippen LogP contribution in [0.5, 0.6) is 17.2 Å². The molecular weight excluding hydrogens is 398 g/mol. The monoisotopic (exact) mass is 419 g/mol. The Morgan fingerprint density at radius 3 is 2.42 bits per heavy atom. The molecule has 1 N–H and O–H groups in total. The molecule has 3 aromatic carbocycles. The second-order valence-electron chi connectivity index (χ2n) is 6.80. The van der Waals surface area contributed by atoms with E-state index in [0.717, 1.165) is 11.3 Å². The molecule has 4 rings (SSSR count). The summed E-state index contributed by atoms with van der Waals surface area (Å²) in [6.07, 6.45) is 0. The van der Waals surface area contributed by atoms with Crippen LogP contribution in [0.4, 0.5) is 5.69 Å². The maximum absolute atomic E-state index is 12.5. The first-order valence-corrected chi connectivity index (χ1v) is 9.74. The Kier molecular flexibility index (Phi) is 6.03. The Hall–Kier alpha value is -4.00. The highest BCUT2D eigenvalue weighted by atomic mass is 16.6. The normalized spacial score (nSPS) is 12.0. The minimum absolute atomic E-state index is 0.0656. The topological polar surface area (TPSA) is 83.1 Å². The third-order valence-electron chi connectivity index (χ3n) is 4.68. The number of para-hydroxylation sites is 1. The van der Waals surface area contributed by atoms with Gasteiger partial charge in [-0.25, -0.2) is 4.79 Å². The van der Waals surface area contributed by atoms with Gasteiger partial charge in [-0.3, -0.25) is 4.79 Å². The van der Waals surface area contributed by atoms with E-state index >= 15 is 0 Å². The van der Waals surface area contributed by atoms with Crippen LogP contribution in [-0.2, 0) is 11.3 Å². The molecule has 0 saturated carbocycles. The van der Waals surface area contributed by atoms with Crippen LogP contribution in [0.2, 0.25) is 0 Å². The third-order valence-corrected chi connectivity index (χ3v) is 4.68. The summed E-state index contributed by atoms with van der Waals surface area (Å²) in [4.78, 5) is 24.8. The largest absolute Gasteiger partial charge is 0.493 e. The van der Waals surface area contributed by atoms with E-state index in [1.54, 1.807) is 36.4 Å². The number of amides is 1. The zero-order chi connectivity index (χ0) is 21.6. The number of esters is 1. The van der Waals surface area contributed by atoms with Crippen molar-refractivity contribution in [3.63, 3.8) is 0 Å². The molecule has 0 saturated heterocycles. The van der Waals surface area contributed by atoms with Crippen LogP contribution in [0, 0.1) is 0 Å². The van der Waals surface area contributed by atoms with Gasteiger partial charge in [0.05, 0.1) is 12.7 Å². The van der Waals surface area contributed by atoms with Gasteiger partial charge < -0.3 is 24.3 Å². The summed E-state index contributed by atoms with van der Waals surface area (Å²) >= 11 is 0. The fourth-order valence-electron chi connectivity index (χ4n) is 3.10. The number of benzene rings is 3. The van der Waals surface area contributed by atoms with Gasteiger partial charge in [-0.15, -0.1) is 0 Å². The highest BCUT2D eigenvalue weighted by Gasteiger charge is 2.21. The number of hydrogen-bond donors (Lipinski definition) is 1. The lowest BCUT2D eigenvalue weighted by molar-refractivity contribution is 0.0471. The number of nitrogens with one attached hydrogen (secondary N) is 1. The van der Waals surface area contributed by atoms with Crippen LogP contribution in [0.15, 0.2) is 66.7 Å². The highest BCUT2D eigenvalue weighted by Crippen LogP contribution is 2.40. The van der Waals surface area contributed by atoms with E-state index in [2.05, 4.69) is 5.32 Å². The minimum atomic E-state index is -0.513. The molecule has 1 amide bonds. The second-order valence-corrected chi connectivity index (χ2v) is 6.80. The maximum atomic E-state index is 12.5. The molecular formula is C24H21NO6. The Bertz CT molecular complexity index is 1060. The fourth-order valence-corrected chi connectivity index (χ4v) is 3.10. The summed E-state index contributed by atoms with van der Waals surface area (Å²) < 4.78 is 21.8. The van der Waals surface area contributed by atoms with Crippen molar-refractivity contribution in [2.75, 3.05) is 25.6 Å². The van der Waals surface area contributed by atoms with Gasteiger partial charge in [-0.05, 0) is 42.0 Å². The Morgan fingerprint density at radius 1 is 0.935 bits per heavy atom. The molecule has 1 aliphatic heterocycles. The number of carbonyl (C=O) groups is 2. The molecule has 1 heterocycles. The number of rotatable bonds is 6. The highest BCUT2D eigenvalue weighted by molar-refractivity contribution is 6.04. The molecule has 0 atom stereocenters. The van der Waals surface area contributed by atoms with Crippen molar-refractivity contribution in [2.24, 2.45) is 0 Å². The van der Waals surface area contributed by atoms with E-state index in [4.69, 9.17) is 18.9 Å². The van der Waals surface area contributed by atoms with E-state index in [1.165, 1.54) is 7.11 Å². The van der Waals surface area contributed by atoms with Crippen LogP contribution >= 0.6 is 0 Å². The molecule has 0 bridgehead atoms. The summed E-state index contributed by atoms with van der Waals surface area (Å²) in [7, 11) is 1.50. The summed E-state index contributed by atoms with van der Waals surface area (Å²) in [6.45, 7) is 0.890. The van der Waals surface area contributed by atoms with Crippen molar-refractivity contribution in [3.8, 4) is 17.2 Å². The van der Waals surface area contributed by atoms with Gasteiger partial charge in [-0.1, -0.05) is 30.3 Å². The predicted molar refractivity (Wildman–Crippen MR) is 114 cm³/mol. The van der Waals surface area contributed by atoms with Gasteiger partial charge in [0.15, 0.2) is 11.5 Å². The molecule has 31 heavy (non-hydrogen) atoms. The number of carbonyl (C=O) groups excluding carboxylic acids is 2. The molecule has 0 radical (unpaired) electrons. The molecule has 7 nitrogen and oxygen atoms in total. The van der Waals surface area contributed by atoms with Gasteiger partial charge in [0.25, 0.3) is 5.91 Å². The fraction of sp³-hybridized carbons (Fsp3) is 0.167. The zero-order valence-corrected chi connectivity index (χ0v) is 16.9. The molecule has 0 unspecified atom stereocenters. The van der Waals surface area contributed by atoms with Gasteiger partial charge in [0, 0.05) is 11.3 Å². The van der Waals surface area contributed by atoms with Crippen molar-refractivity contribution >= 4 is 17.6 Å². The third kappa shape index (κ3) is 4.78. The van der Waals surface area contributed by atoms with E-state index < -0.39 is 5.97 Å². The average molecular weight is 419 g/mol. The van der Waals surface area contributed by atoms with E-state index in [0.29, 0.717) is 41.6 Å². The quantitative estimate of drug-likeness (QED) is 0.607. The molecule has 3 aromatic rings. The number of ether oxygens (including phenoxy) is 4. The van der Waals surface area contributed by atoms with Crippen LogP contribution in [-0.4, -0.2) is 32.2 Å². The summed E-state index contributed by atoms with van der Waals surface area (Å²) in [6, 6.07) is 19.2. The van der Waals surface area contributed by atoms with Crippen molar-refractivity contribution in [3.05, 3.63) is 83.4 Å². The van der Waals surface area contributed by atoms with Crippen molar-refractivity contribution in [1.82, 2.24) is 0 Å². The number of anilines is 1. The molecule has 0 aliphatic carbocycles. The molecule has 0 spiro atoms. The lowest BCUT2D eigenvalue weighted by Crippen LogP contribution is -2.17. The number of hydrogen-bond acceptors (Lipinski definition) is 6. The molecule has 0 fully saturated rings. The predicted octanol–water partition coefficient (Wildman–Crippen LogP) is 4.08. The van der Waals surface area contributed by atoms with Gasteiger partial charge >= 0.3 is 5.97 Å². The lowest BCUT2D eigenvalue weighted by Gasteiger charge is -2.21. The first kappa shape index (κ1) is 20.3. The first-order chi connectivity index (χ1) is 15.1. The van der Waals surface area contributed by atoms with Crippen LogP contribution in [0.3, 0.4) is 0 Å². The number of methoxy groups -OCH3 is 1. The first-order valence-electron chi connectivity index (χ1n) is 9.74. The Labute approximate surface area is 179 Å². The smallest absolute Gasteiger partial charge is 0.338 e. The van der Waals surface area contributed by atoms with Crippen molar-refractivity contribution in [2.45, 2.75) is 6.61 Å². The molecule has 1 aliphatic rings. The lowest BCUT2D eigenvalue weighted by atomic mass is 10.1. The average Bonchev–Trinajstić information content (AvgIpc) is 2.82. The summed E-state index contributed by atoms with van der Waals surface area (Å²) in [5, 5.41) is 2.83. The minimum Gasteiger partial charge on any atom is -0.493 e. The zero-order valence-electron chi connectivity index (χ0n) is 16.9. The Balaban J connectivity index is 1.38. The molecule has 0 aromatic heterocycles.